The molecule has 0 fully saturated rings. The summed E-state index contributed by atoms with van der Waals surface area (Å²) in [6, 6.07) is 79.6. The van der Waals surface area contributed by atoms with Crippen LogP contribution < -0.4 is 9.80 Å². The van der Waals surface area contributed by atoms with Crippen molar-refractivity contribution in [3.8, 4) is 11.1 Å². The second-order valence-corrected chi connectivity index (χ2v) is 15.6. The predicted octanol–water partition coefficient (Wildman–Crippen LogP) is 16.1. The first-order valence-corrected chi connectivity index (χ1v) is 20.2. The number of benzene rings is 10. The summed E-state index contributed by atoms with van der Waals surface area (Å²) in [5.41, 5.74) is 9.01. The number of rotatable bonds is 7. The summed E-state index contributed by atoms with van der Waals surface area (Å²) in [5.74, 6) is 0. The fourth-order valence-corrected chi connectivity index (χ4v) is 9.71. The number of fused-ring (bicyclic) bond motifs is 7. The van der Waals surface area contributed by atoms with Crippen molar-refractivity contribution in [2.75, 3.05) is 9.80 Å². The fourth-order valence-electron chi connectivity index (χ4n) is 8.46. The van der Waals surface area contributed by atoms with E-state index in [0.29, 0.717) is 0 Å². The number of hydrogen-bond donors (Lipinski definition) is 0. The van der Waals surface area contributed by atoms with E-state index < -0.39 is 0 Å². The molecule has 268 valence electrons. The van der Waals surface area contributed by atoms with E-state index in [1.807, 2.05) is 11.3 Å². The largest absolute Gasteiger partial charge is 0.308 e. The highest BCUT2D eigenvalue weighted by atomic mass is 32.1. The molecule has 10 aromatic carbocycles. The molecule has 0 aliphatic heterocycles. The van der Waals surface area contributed by atoms with Crippen molar-refractivity contribution < 1.29 is 0 Å². The van der Waals surface area contributed by atoms with Crippen LogP contribution in [-0.4, -0.2) is 0 Å². The number of para-hydroxylation sites is 1. The van der Waals surface area contributed by atoms with Gasteiger partial charge in [-0.15, -0.1) is 11.3 Å². The van der Waals surface area contributed by atoms with Crippen LogP contribution in [0.25, 0.3) is 63.6 Å². The molecule has 11 rings (SSSR count). The van der Waals surface area contributed by atoms with Gasteiger partial charge in [0.25, 0.3) is 0 Å². The summed E-state index contributed by atoms with van der Waals surface area (Å²) in [4.78, 5) is 4.93. The second-order valence-electron chi connectivity index (χ2n) is 14.6. The third kappa shape index (κ3) is 5.80. The van der Waals surface area contributed by atoms with Crippen LogP contribution in [0.5, 0.6) is 0 Å². The minimum absolute atomic E-state index is 1.09. The zero-order valence-electron chi connectivity index (χ0n) is 31.1. The first kappa shape index (κ1) is 33.2. The molecule has 3 heteroatoms. The molecule has 1 heterocycles. The Labute approximate surface area is 335 Å². The van der Waals surface area contributed by atoms with Crippen molar-refractivity contribution in [2.24, 2.45) is 0 Å². The Kier molecular flexibility index (Phi) is 8.04. The van der Waals surface area contributed by atoms with Gasteiger partial charge in [0.05, 0.1) is 16.1 Å². The van der Waals surface area contributed by atoms with E-state index in [2.05, 4.69) is 228 Å². The molecule has 1 aromatic heterocycles. The maximum absolute atomic E-state index is 2.49. The monoisotopic (exact) mass is 744 g/mol. The standard InChI is InChI=1S/C54H36N2S/c1-3-13-37(14-4-1)40-23-28-45(29-24-40)56(47-31-26-39-16-8-10-19-43(39)36-47)53-50(33-32-49-52-48-22-12-11-17-41(48)27-34-51(52)57-54(49)53)55(44-20-5-2-6-21-44)46-30-25-38-15-7-9-18-42(38)35-46/h1-36H. The van der Waals surface area contributed by atoms with Crippen LogP contribution in [0.1, 0.15) is 0 Å². The van der Waals surface area contributed by atoms with Gasteiger partial charge in [-0.1, -0.05) is 158 Å². The third-order valence-electron chi connectivity index (χ3n) is 11.2. The topological polar surface area (TPSA) is 6.48 Å². The first-order chi connectivity index (χ1) is 28.3. The van der Waals surface area contributed by atoms with Gasteiger partial charge in [-0.2, -0.15) is 0 Å². The molecule has 0 saturated heterocycles. The van der Waals surface area contributed by atoms with Crippen molar-refractivity contribution >= 4 is 98.0 Å². The fraction of sp³-hybridized carbons (Fsp3) is 0. The maximum atomic E-state index is 2.49. The Balaban J connectivity index is 1.25. The summed E-state index contributed by atoms with van der Waals surface area (Å²) in [7, 11) is 0. The zero-order chi connectivity index (χ0) is 37.7. The molecular formula is C54H36N2S. The Hall–Kier alpha value is -7.20. The number of hydrogen-bond acceptors (Lipinski definition) is 3. The van der Waals surface area contributed by atoms with Crippen molar-refractivity contribution in [3.63, 3.8) is 0 Å². The molecule has 0 radical (unpaired) electrons. The van der Waals surface area contributed by atoms with E-state index in [-0.39, 0.29) is 0 Å². The Morgan fingerprint density at radius 3 is 1.51 bits per heavy atom. The molecule has 0 aliphatic carbocycles. The van der Waals surface area contributed by atoms with Crippen LogP contribution in [0.3, 0.4) is 0 Å². The van der Waals surface area contributed by atoms with E-state index in [1.165, 1.54) is 63.6 Å². The Morgan fingerprint density at radius 1 is 0.316 bits per heavy atom. The van der Waals surface area contributed by atoms with Gasteiger partial charge < -0.3 is 9.80 Å². The van der Waals surface area contributed by atoms with Gasteiger partial charge >= 0.3 is 0 Å². The van der Waals surface area contributed by atoms with Crippen molar-refractivity contribution in [1.29, 1.82) is 0 Å². The molecule has 0 aliphatic rings. The molecule has 0 spiro atoms. The van der Waals surface area contributed by atoms with Gasteiger partial charge in [0.2, 0.25) is 0 Å². The van der Waals surface area contributed by atoms with Crippen molar-refractivity contribution in [2.45, 2.75) is 0 Å². The van der Waals surface area contributed by atoms with Crippen LogP contribution in [0.15, 0.2) is 218 Å². The lowest BCUT2D eigenvalue weighted by Gasteiger charge is -2.34. The molecular weight excluding hydrogens is 709 g/mol. The van der Waals surface area contributed by atoms with Crippen LogP contribution in [0, 0.1) is 0 Å². The van der Waals surface area contributed by atoms with Crippen molar-refractivity contribution in [1.82, 2.24) is 0 Å². The van der Waals surface area contributed by atoms with Gasteiger partial charge in [-0.3, -0.25) is 0 Å². The Morgan fingerprint density at radius 2 is 0.825 bits per heavy atom. The molecule has 0 saturated carbocycles. The van der Waals surface area contributed by atoms with Gasteiger partial charge in [0.1, 0.15) is 0 Å². The van der Waals surface area contributed by atoms with Crippen LogP contribution >= 0.6 is 11.3 Å². The number of anilines is 6. The first-order valence-electron chi connectivity index (χ1n) is 19.4. The molecule has 0 unspecified atom stereocenters. The highest BCUT2D eigenvalue weighted by Crippen LogP contribution is 2.53. The third-order valence-corrected chi connectivity index (χ3v) is 12.4. The molecule has 0 atom stereocenters. The molecule has 0 amide bonds. The summed E-state index contributed by atoms with van der Waals surface area (Å²) in [6.45, 7) is 0. The second kappa shape index (κ2) is 13.8. The van der Waals surface area contributed by atoms with Crippen LogP contribution in [0.2, 0.25) is 0 Å². The van der Waals surface area contributed by atoms with Crippen LogP contribution in [0.4, 0.5) is 34.1 Å². The summed E-state index contributed by atoms with van der Waals surface area (Å²) in [5, 5.41) is 9.92. The van der Waals surface area contributed by atoms with Crippen LogP contribution in [-0.2, 0) is 0 Å². The van der Waals surface area contributed by atoms with E-state index in [1.54, 1.807) is 0 Å². The quantitative estimate of drug-likeness (QED) is 0.160. The molecule has 2 nitrogen and oxygen atoms in total. The zero-order valence-corrected chi connectivity index (χ0v) is 31.9. The van der Waals surface area contributed by atoms with Gasteiger partial charge in [-0.05, 0) is 104 Å². The lowest BCUT2D eigenvalue weighted by molar-refractivity contribution is 1.24. The van der Waals surface area contributed by atoms with Gasteiger partial charge in [0.15, 0.2) is 0 Å². The normalized spacial score (nSPS) is 11.5. The number of nitrogens with zero attached hydrogens (tertiary/aromatic N) is 2. The summed E-state index contributed by atoms with van der Waals surface area (Å²) < 4.78 is 2.51. The maximum Gasteiger partial charge on any atom is 0.0883 e. The molecule has 0 bridgehead atoms. The average molecular weight is 745 g/mol. The minimum Gasteiger partial charge on any atom is -0.308 e. The highest BCUT2D eigenvalue weighted by Gasteiger charge is 2.27. The minimum atomic E-state index is 1.09. The number of thiophene rings is 1. The average Bonchev–Trinajstić information content (AvgIpc) is 3.67. The SMILES string of the molecule is c1ccc(-c2ccc(N(c3ccc4ccccc4c3)c3c(N(c4ccccc4)c4ccc5ccccc5c4)ccc4c3sc3ccc5ccccc5c34)cc2)cc1. The van der Waals surface area contributed by atoms with Gasteiger partial charge in [-0.25, -0.2) is 0 Å². The van der Waals surface area contributed by atoms with E-state index >= 15 is 0 Å². The summed E-state index contributed by atoms with van der Waals surface area (Å²) >= 11 is 1.88. The van der Waals surface area contributed by atoms with E-state index in [4.69, 9.17) is 0 Å². The lowest BCUT2D eigenvalue weighted by atomic mass is 10.0. The van der Waals surface area contributed by atoms with Crippen molar-refractivity contribution in [3.05, 3.63) is 218 Å². The molecule has 0 N–H and O–H groups in total. The lowest BCUT2D eigenvalue weighted by Crippen LogP contribution is -2.17. The van der Waals surface area contributed by atoms with E-state index in [0.717, 1.165) is 34.1 Å². The predicted molar refractivity (Wildman–Crippen MR) is 247 cm³/mol. The molecule has 11 aromatic rings. The van der Waals surface area contributed by atoms with Gasteiger partial charge in [0, 0.05) is 38.2 Å². The highest BCUT2D eigenvalue weighted by molar-refractivity contribution is 7.26. The Bertz CT molecular complexity index is 3240. The smallest absolute Gasteiger partial charge is 0.0883 e. The molecule has 57 heavy (non-hydrogen) atoms. The summed E-state index contributed by atoms with van der Waals surface area (Å²) in [6.07, 6.45) is 0. The van der Waals surface area contributed by atoms with E-state index in [9.17, 15) is 0 Å².